The topological polar surface area (TPSA) is 24.8 Å². The Kier molecular flexibility index (Phi) is 3.37. The maximum absolute atomic E-state index is 6.20. The van der Waals surface area contributed by atoms with Crippen molar-refractivity contribution in [3.63, 3.8) is 0 Å². The van der Waals surface area contributed by atoms with Gasteiger partial charge in [0.1, 0.15) is 0 Å². The Hall–Kier alpha value is -2.30. The van der Waals surface area contributed by atoms with Gasteiger partial charge in [0.25, 0.3) is 5.72 Å². The first-order valence-corrected chi connectivity index (χ1v) is 9.47. The molecule has 5 heteroatoms. The van der Waals surface area contributed by atoms with Crippen LogP contribution in [0.3, 0.4) is 0 Å². The highest BCUT2D eigenvalue weighted by molar-refractivity contribution is 7.10. The molecule has 0 radical (unpaired) electrons. The number of rotatable bonds is 2. The molecule has 1 aromatic heterocycles. The molecule has 1 atom stereocenters. The average molecular weight is 367 g/mol. The third-order valence-corrected chi connectivity index (χ3v) is 6.07. The van der Waals surface area contributed by atoms with Gasteiger partial charge in [-0.05, 0) is 35.7 Å². The van der Waals surface area contributed by atoms with Gasteiger partial charge >= 0.3 is 0 Å². The summed E-state index contributed by atoms with van der Waals surface area (Å²) in [6.07, 6.45) is 0.998. The molecule has 0 N–H and O–H groups in total. The van der Waals surface area contributed by atoms with E-state index in [-0.39, 0.29) is 0 Å². The molecule has 0 amide bonds. The number of oxime groups is 1. The second kappa shape index (κ2) is 5.61. The lowest BCUT2D eigenvalue weighted by Crippen LogP contribution is -2.51. The number of halogens is 1. The SMILES string of the molecule is Clc1ccc(C2=NOC3(c4ccccc4)c4ccsc4CCN23)cc1. The molecule has 124 valence electrons. The van der Waals surface area contributed by atoms with Crippen LogP contribution >= 0.6 is 22.9 Å². The number of thiophene rings is 1. The van der Waals surface area contributed by atoms with Crippen molar-refractivity contribution < 1.29 is 4.84 Å². The molecule has 2 aliphatic heterocycles. The van der Waals surface area contributed by atoms with Gasteiger partial charge in [0.2, 0.25) is 0 Å². The fraction of sp³-hybridized carbons (Fsp3) is 0.150. The summed E-state index contributed by atoms with van der Waals surface area (Å²) in [6.45, 7) is 0.865. The Morgan fingerprint density at radius 3 is 2.64 bits per heavy atom. The van der Waals surface area contributed by atoms with Crippen LogP contribution < -0.4 is 0 Å². The summed E-state index contributed by atoms with van der Waals surface area (Å²) in [5.41, 5.74) is 2.63. The Morgan fingerprint density at radius 1 is 1.04 bits per heavy atom. The highest BCUT2D eigenvalue weighted by atomic mass is 35.5. The number of benzene rings is 2. The molecule has 25 heavy (non-hydrogen) atoms. The monoisotopic (exact) mass is 366 g/mol. The summed E-state index contributed by atoms with van der Waals surface area (Å²) in [5, 5.41) is 7.37. The molecular weight excluding hydrogens is 352 g/mol. The van der Waals surface area contributed by atoms with Crippen molar-refractivity contribution in [3.05, 3.63) is 92.6 Å². The summed E-state index contributed by atoms with van der Waals surface area (Å²) < 4.78 is 0. The molecule has 2 aliphatic rings. The Balaban J connectivity index is 1.68. The highest BCUT2D eigenvalue weighted by Crippen LogP contribution is 2.47. The van der Waals surface area contributed by atoms with Crippen molar-refractivity contribution in [1.29, 1.82) is 0 Å². The number of hydrogen-bond acceptors (Lipinski definition) is 4. The van der Waals surface area contributed by atoms with E-state index in [0.717, 1.165) is 35.0 Å². The molecule has 2 aromatic carbocycles. The standard InChI is InChI=1S/C20H15ClN2OS/c21-16-8-6-14(7-9-16)19-22-24-20(15-4-2-1-3-5-15)17-11-13-25-18(17)10-12-23(19)20/h1-9,11,13H,10,12H2. The molecule has 1 unspecified atom stereocenters. The zero-order valence-corrected chi connectivity index (χ0v) is 14.9. The van der Waals surface area contributed by atoms with Crippen LogP contribution in [0.4, 0.5) is 0 Å². The van der Waals surface area contributed by atoms with E-state index in [4.69, 9.17) is 16.4 Å². The average Bonchev–Trinajstić information content (AvgIpc) is 3.28. The number of hydrogen-bond donors (Lipinski definition) is 0. The number of amidine groups is 1. The molecule has 0 spiro atoms. The van der Waals surface area contributed by atoms with Crippen LogP contribution in [-0.4, -0.2) is 17.3 Å². The first-order chi connectivity index (χ1) is 12.3. The van der Waals surface area contributed by atoms with E-state index in [2.05, 4.69) is 33.6 Å². The van der Waals surface area contributed by atoms with Crippen LogP contribution in [0, 0.1) is 0 Å². The van der Waals surface area contributed by atoms with Crippen LogP contribution in [0.5, 0.6) is 0 Å². The van der Waals surface area contributed by atoms with Gasteiger partial charge in [-0.25, -0.2) is 0 Å². The Morgan fingerprint density at radius 2 is 1.84 bits per heavy atom. The van der Waals surface area contributed by atoms with Crippen LogP contribution in [0.1, 0.15) is 21.6 Å². The molecule has 0 aliphatic carbocycles. The molecular formula is C20H15ClN2OS. The fourth-order valence-electron chi connectivity index (χ4n) is 3.70. The van der Waals surface area contributed by atoms with E-state index in [1.54, 1.807) is 11.3 Å². The largest absolute Gasteiger partial charge is 0.355 e. The van der Waals surface area contributed by atoms with Crippen LogP contribution in [0.25, 0.3) is 0 Å². The lowest BCUT2D eigenvalue weighted by molar-refractivity contribution is -0.0760. The fourth-order valence-corrected chi connectivity index (χ4v) is 4.74. The summed E-state index contributed by atoms with van der Waals surface area (Å²) in [6, 6.07) is 20.3. The van der Waals surface area contributed by atoms with Gasteiger partial charge in [-0.2, -0.15) is 0 Å². The Labute approximate surface area is 155 Å². The first-order valence-electron chi connectivity index (χ1n) is 8.21. The second-order valence-electron chi connectivity index (χ2n) is 6.18. The van der Waals surface area contributed by atoms with E-state index >= 15 is 0 Å². The summed E-state index contributed by atoms with van der Waals surface area (Å²) in [5.74, 6) is 0.859. The summed E-state index contributed by atoms with van der Waals surface area (Å²) in [7, 11) is 0. The zero-order valence-electron chi connectivity index (χ0n) is 13.4. The normalized spacial score (nSPS) is 21.3. The Bertz CT molecular complexity index is 951. The first kappa shape index (κ1) is 15.0. The van der Waals surface area contributed by atoms with Gasteiger partial charge in [-0.3, -0.25) is 0 Å². The van der Waals surface area contributed by atoms with Crippen LogP contribution in [0.15, 0.2) is 71.2 Å². The predicted molar refractivity (Wildman–Crippen MR) is 101 cm³/mol. The van der Waals surface area contributed by atoms with E-state index < -0.39 is 5.72 Å². The maximum atomic E-state index is 6.20. The smallest absolute Gasteiger partial charge is 0.264 e. The van der Waals surface area contributed by atoms with E-state index in [1.165, 1.54) is 10.4 Å². The highest BCUT2D eigenvalue weighted by Gasteiger charge is 2.53. The van der Waals surface area contributed by atoms with Gasteiger partial charge in [0.15, 0.2) is 5.84 Å². The van der Waals surface area contributed by atoms with E-state index in [1.807, 2.05) is 42.5 Å². The van der Waals surface area contributed by atoms with Gasteiger partial charge < -0.3 is 9.74 Å². The number of nitrogens with zero attached hydrogens (tertiary/aromatic N) is 2. The van der Waals surface area contributed by atoms with Crippen molar-refractivity contribution in [2.75, 3.05) is 6.54 Å². The van der Waals surface area contributed by atoms with Crippen molar-refractivity contribution in [2.45, 2.75) is 12.1 Å². The van der Waals surface area contributed by atoms with Crippen LogP contribution in [-0.2, 0) is 17.0 Å². The molecule has 5 rings (SSSR count). The molecule has 3 heterocycles. The molecule has 3 aromatic rings. The minimum atomic E-state index is -0.677. The summed E-state index contributed by atoms with van der Waals surface area (Å²) >= 11 is 7.84. The van der Waals surface area contributed by atoms with Crippen LogP contribution in [0.2, 0.25) is 5.02 Å². The lowest BCUT2D eigenvalue weighted by Gasteiger charge is -2.41. The minimum Gasteiger partial charge on any atom is -0.355 e. The van der Waals surface area contributed by atoms with E-state index in [0.29, 0.717) is 0 Å². The second-order valence-corrected chi connectivity index (χ2v) is 7.62. The quantitative estimate of drug-likeness (QED) is 0.647. The van der Waals surface area contributed by atoms with Crippen molar-refractivity contribution >= 4 is 28.8 Å². The molecule has 0 saturated carbocycles. The van der Waals surface area contributed by atoms with Crippen molar-refractivity contribution in [3.8, 4) is 0 Å². The van der Waals surface area contributed by atoms with Crippen molar-refractivity contribution in [2.24, 2.45) is 5.16 Å². The summed E-state index contributed by atoms with van der Waals surface area (Å²) in [4.78, 5) is 9.85. The van der Waals surface area contributed by atoms with Gasteiger partial charge in [0.05, 0.1) is 0 Å². The van der Waals surface area contributed by atoms with E-state index in [9.17, 15) is 0 Å². The molecule has 0 fully saturated rings. The van der Waals surface area contributed by atoms with Gasteiger partial charge in [-0.15, -0.1) is 11.3 Å². The van der Waals surface area contributed by atoms with Gasteiger partial charge in [-0.1, -0.05) is 47.1 Å². The molecule has 0 saturated heterocycles. The number of fused-ring (bicyclic) bond motifs is 3. The molecule has 3 nitrogen and oxygen atoms in total. The molecule has 0 bridgehead atoms. The third-order valence-electron chi connectivity index (χ3n) is 4.84. The zero-order chi connectivity index (χ0) is 16.9. The van der Waals surface area contributed by atoms with Crippen molar-refractivity contribution in [1.82, 2.24) is 4.90 Å². The lowest BCUT2D eigenvalue weighted by atomic mass is 9.88. The van der Waals surface area contributed by atoms with Gasteiger partial charge in [0, 0.05) is 39.6 Å². The third kappa shape index (κ3) is 2.14. The predicted octanol–water partition coefficient (Wildman–Crippen LogP) is 4.85. The maximum Gasteiger partial charge on any atom is 0.264 e. The minimum absolute atomic E-state index is 0.677.